The molecule has 3 nitrogen and oxygen atoms in total. The van der Waals surface area contributed by atoms with E-state index in [2.05, 4.69) is 0 Å². The quantitative estimate of drug-likeness (QED) is 0.847. The Morgan fingerprint density at radius 2 is 2.12 bits per heavy atom. The molecule has 6 heteroatoms. The van der Waals surface area contributed by atoms with Crippen LogP contribution >= 0.6 is 0 Å². The van der Waals surface area contributed by atoms with Crippen LogP contribution in [0.3, 0.4) is 0 Å². The summed E-state index contributed by atoms with van der Waals surface area (Å²) in [5.74, 6) is -4.79. The number of carbonyl (C=O) groups is 1. The number of aliphatic hydroxyl groups excluding tert-OH is 1. The molecule has 1 aromatic rings. The molecule has 1 rings (SSSR count). The predicted octanol–water partition coefficient (Wildman–Crippen LogP) is 1.49. The number of benzene rings is 1. The van der Waals surface area contributed by atoms with Gasteiger partial charge in [-0.05, 0) is 24.6 Å². The molecule has 17 heavy (non-hydrogen) atoms. The van der Waals surface area contributed by atoms with E-state index in [9.17, 15) is 18.0 Å². The normalized spacial score (nSPS) is 11.4. The monoisotopic (exact) mass is 247 g/mol. The third-order valence-corrected chi connectivity index (χ3v) is 2.18. The van der Waals surface area contributed by atoms with E-state index in [1.807, 2.05) is 5.32 Å². The van der Waals surface area contributed by atoms with Crippen molar-refractivity contribution in [1.29, 1.82) is 0 Å². The number of aryl methyl sites for hydroxylation is 1. The molecular weight excluding hydrogens is 235 g/mol. The second-order valence-corrected chi connectivity index (χ2v) is 3.66. The van der Waals surface area contributed by atoms with Crippen LogP contribution in [0.4, 0.5) is 13.2 Å². The van der Waals surface area contributed by atoms with Crippen LogP contribution in [-0.2, 0) is 0 Å². The Hall–Kier alpha value is -1.56. The van der Waals surface area contributed by atoms with E-state index in [1.54, 1.807) is 6.92 Å². The van der Waals surface area contributed by atoms with Crippen molar-refractivity contribution < 1.29 is 23.1 Å². The summed E-state index contributed by atoms with van der Waals surface area (Å²) in [5.41, 5.74) is 0.481. The zero-order chi connectivity index (χ0) is 13.1. The van der Waals surface area contributed by atoms with Crippen LogP contribution in [0.2, 0.25) is 0 Å². The highest BCUT2D eigenvalue weighted by Crippen LogP contribution is 2.12. The van der Waals surface area contributed by atoms with E-state index in [4.69, 9.17) is 5.11 Å². The number of hydrogen-bond donors (Lipinski definition) is 2. The standard InChI is InChI=1S/C11H12F3NO2/c1-7-2-3-8(12)4-9(7)10(17)15-5-11(13,14)6-16/h2-4,16H,5-6H2,1H3,(H,15,17). The molecule has 0 fully saturated rings. The molecule has 0 aliphatic rings. The van der Waals surface area contributed by atoms with E-state index in [0.717, 1.165) is 6.07 Å². The summed E-state index contributed by atoms with van der Waals surface area (Å²) >= 11 is 0. The number of nitrogens with one attached hydrogen (secondary N) is 1. The van der Waals surface area contributed by atoms with Gasteiger partial charge in [-0.2, -0.15) is 0 Å². The molecule has 0 saturated carbocycles. The predicted molar refractivity (Wildman–Crippen MR) is 55.5 cm³/mol. The highest BCUT2D eigenvalue weighted by atomic mass is 19.3. The molecule has 0 radical (unpaired) electrons. The van der Waals surface area contributed by atoms with Gasteiger partial charge in [-0.25, -0.2) is 13.2 Å². The largest absolute Gasteiger partial charge is 0.390 e. The minimum Gasteiger partial charge on any atom is -0.390 e. The summed E-state index contributed by atoms with van der Waals surface area (Å²) in [4.78, 5) is 11.5. The maximum absolute atomic E-state index is 12.9. The highest BCUT2D eigenvalue weighted by molar-refractivity contribution is 5.95. The molecule has 94 valence electrons. The van der Waals surface area contributed by atoms with Crippen LogP contribution in [0.5, 0.6) is 0 Å². The summed E-state index contributed by atoms with van der Waals surface area (Å²) in [7, 11) is 0. The molecular formula is C11H12F3NO2. The van der Waals surface area contributed by atoms with Crippen molar-refractivity contribution in [1.82, 2.24) is 5.32 Å². The van der Waals surface area contributed by atoms with E-state index in [0.29, 0.717) is 5.56 Å². The molecule has 0 aliphatic carbocycles. The minimum atomic E-state index is -3.38. The lowest BCUT2D eigenvalue weighted by atomic mass is 10.1. The molecule has 1 amide bonds. The van der Waals surface area contributed by atoms with Gasteiger partial charge in [0.2, 0.25) is 0 Å². The van der Waals surface area contributed by atoms with Gasteiger partial charge < -0.3 is 10.4 Å². The SMILES string of the molecule is Cc1ccc(F)cc1C(=O)NCC(F)(F)CO. The van der Waals surface area contributed by atoms with Gasteiger partial charge in [0.1, 0.15) is 12.4 Å². The van der Waals surface area contributed by atoms with Crippen LogP contribution in [-0.4, -0.2) is 30.1 Å². The number of carbonyl (C=O) groups excluding carboxylic acids is 1. The first kappa shape index (κ1) is 13.5. The van der Waals surface area contributed by atoms with Crippen molar-refractivity contribution >= 4 is 5.91 Å². The molecule has 0 saturated heterocycles. The Morgan fingerprint density at radius 3 is 2.71 bits per heavy atom. The summed E-state index contributed by atoms with van der Waals surface area (Å²) in [6.45, 7) is -0.772. The number of amides is 1. The number of hydrogen-bond acceptors (Lipinski definition) is 2. The third-order valence-electron chi connectivity index (χ3n) is 2.18. The average molecular weight is 247 g/mol. The minimum absolute atomic E-state index is 0.00117. The topological polar surface area (TPSA) is 49.3 Å². The average Bonchev–Trinajstić information content (AvgIpc) is 2.29. The second-order valence-electron chi connectivity index (χ2n) is 3.66. The van der Waals surface area contributed by atoms with Crippen molar-refractivity contribution in [3.63, 3.8) is 0 Å². The van der Waals surface area contributed by atoms with E-state index >= 15 is 0 Å². The van der Waals surface area contributed by atoms with Gasteiger partial charge in [-0.1, -0.05) is 6.07 Å². The van der Waals surface area contributed by atoms with Crippen LogP contribution in [0.1, 0.15) is 15.9 Å². The Labute approximate surface area is 96.3 Å². The van der Waals surface area contributed by atoms with Crippen LogP contribution < -0.4 is 5.32 Å². The van der Waals surface area contributed by atoms with Crippen LogP contribution in [0.15, 0.2) is 18.2 Å². The van der Waals surface area contributed by atoms with Crippen molar-refractivity contribution in [3.8, 4) is 0 Å². The fraction of sp³-hybridized carbons (Fsp3) is 0.364. The number of aliphatic hydroxyl groups is 1. The zero-order valence-corrected chi connectivity index (χ0v) is 9.14. The maximum atomic E-state index is 12.9. The zero-order valence-electron chi connectivity index (χ0n) is 9.14. The van der Waals surface area contributed by atoms with Crippen LogP contribution in [0.25, 0.3) is 0 Å². The summed E-state index contributed by atoms with van der Waals surface area (Å²) < 4.78 is 38.2. The summed E-state index contributed by atoms with van der Waals surface area (Å²) in [5, 5.41) is 10.3. The first-order valence-electron chi connectivity index (χ1n) is 4.89. The summed E-state index contributed by atoms with van der Waals surface area (Å²) in [6.07, 6.45) is 0. The first-order chi connectivity index (χ1) is 7.85. The number of rotatable bonds is 4. The molecule has 0 unspecified atom stereocenters. The number of alkyl halides is 2. The van der Waals surface area contributed by atoms with E-state index < -0.39 is 30.8 Å². The molecule has 0 aromatic heterocycles. The Bertz CT molecular complexity index is 421. The van der Waals surface area contributed by atoms with Gasteiger partial charge >= 0.3 is 0 Å². The van der Waals surface area contributed by atoms with Crippen molar-refractivity contribution in [2.45, 2.75) is 12.8 Å². The fourth-order valence-corrected chi connectivity index (χ4v) is 1.20. The summed E-state index contributed by atoms with van der Waals surface area (Å²) in [6, 6.07) is 3.53. The Balaban J connectivity index is 2.74. The highest BCUT2D eigenvalue weighted by Gasteiger charge is 2.28. The van der Waals surface area contributed by atoms with Gasteiger partial charge in [-0.3, -0.25) is 4.79 Å². The first-order valence-corrected chi connectivity index (χ1v) is 4.89. The molecule has 1 aromatic carbocycles. The Kier molecular flexibility index (Phi) is 4.11. The molecule has 0 spiro atoms. The van der Waals surface area contributed by atoms with Crippen molar-refractivity contribution in [2.75, 3.05) is 13.2 Å². The lowest BCUT2D eigenvalue weighted by molar-refractivity contribution is -0.0462. The van der Waals surface area contributed by atoms with Crippen LogP contribution in [0, 0.1) is 12.7 Å². The molecule has 0 heterocycles. The number of halogens is 3. The lowest BCUT2D eigenvalue weighted by Gasteiger charge is -2.14. The van der Waals surface area contributed by atoms with E-state index in [1.165, 1.54) is 12.1 Å². The van der Waals surface area contributed by atoms with E-state index in [-0.39, 0.29) is 5.56 Å². The van der Waals surface area contributed by atoms with Crippen molar-refractivity contribution in [2.24, 2.45) is 0 Å². The maximum Gasteiger partial charge on any atom is 0.287 e. The second kappa shape index (κ2) is 5.18. The molecule has 0 bridgehead atoms. The van der Waals surface area contributed by atoms with Crippen molar-refractivity contribution in [3.05, 3.63) is 35.1 Å². The van der Waals surface area contributed by atoms with Gasteiger partial charge in [-0.15, -0.1) is 0 Å². The fourth-order valence-electron chi connectivity index (χ4n) is 1.20. The molecule has 0 atom stereocenters. The smallest absolute Gasteiger partial charge is 0.287 e. The van der Waals surface area contributed by atoms with Gasteiger partial charge in [0.25, 0.3) is 11.8 Å². The van der Waals surface area contributed by atoms with Gasteiger partial charge in [0, 0.05) is 5.56 Å². The molecule has 2 N–H and O–H groups in total. The molecule has 0 aliphatic heterocycles. The third kappa shape index (κ3) is 3.74. The Morgan fingerprint density at radius 1 is 1.47 bits per heavy atom. The van der Waals surface area contributed by atoms with Gasteiger partial charge in [0.15, 0.2) is 0 Å². The lowest BCUT2D eigenvalue weighted by Crippen LogP contribution is -2.39. The van der Waals surface area contributed by atoms with Gasteiger partial charge in [0.05, 0.1) is 6.54 Å².